The molecule has 98 valence electrons. The number of halogens is 3. The number of thioether (sulfide) groups is 1. The van der Waals surface area contributed by atoms with Crippen molar-refractivity contribution in [3.05, 3.63) is 16.1 Å². The SMILES string of the molecule is CC(C)c1nc(CSC[C@@H](O)C(F)(F)F)cs1. The number of aliphatic hydroxyl groups excluding tert-OH is 1. The van der Waals surface area contributed by atoms with Gasteiger partial charge in [0.05, 0.1) is 10.7 Å². The van der Waals surface area contributed by atoms with E-state index in [2.05, 4.69) is 4.98 Å². The molecule has 2 nitrogen and oxygen atoms in total. The van der Waals surface area contributed by atoms with E-state index in [-0.39, 0.29) is 5.75 Å². The van der Waals surface area contributed by atoms with Crippen molar-refractivity contribution in [2.24, 2.45) is 0 Å². The van der Waals surface area contributed by atoms with E-state index in [0.717, 1.165) is 22.5 Å². The Kier molecular flexibility index (Phi) is 5.27. The van der Waals surface area contributed by atoms with Crippen LogP contribution in [-0.4, -0.2) is 28.1 Å². The first-order valence-electron chi connectivity index (χ1n) is 5.07. The highest BCUT2D eigenvalue weighted by molar-refractivity contribution is 7.98. The fraction of sp³-hybridized carbons (Fsp3) is 0.700. The van der Waals surface area contributed by atoms with E-state index in [1.54, 1.807) is 0 Å². The van der Waals surface area contributed by atoms with Crippen molar-refractivity contribution in [2.75, 3.05) is 5.75 Å². The van der Waals surface area contributed by atoms with Crippen molar-refractivity contribution in [3.63, 3.8) is 0 Å². The summed E-state index contributed by atoms with van der Waals surface area (Å²) in [6.07, 6.45) is -6.78. The lowest BCUT2D eigenvalue weighted by atomic mass is 10.2. The van der Waals surface area contributed by atoms with Crippen LogP contribution in [0.4, 0.5) is 13.2 Å². The highest BCUT2D eigenvalue weighted by Crippen LogP contribution is 2.26. The predicted molar refractivity (Wildman–Crippen MR) is 64.4 cm³/mol. The maximum absolute atomic E-state index is 12.0. The molecule has 1 aromatic rings. The second-order valence-corrected chi connectivity index (χ2v) is 5.82. The first kappa shape index (κ1) is 14.8. The van der Waals surface area contributed by atoms with Crippen LogP contribution in [0.25, 0.3) is 0 Å². The molecule has 0 radical (unpaired) electrons. The number of hydrogen-bond acceptors (Lipinski definition) is 4. The van der Waals surface area contributed by atoms with E-state index < -0.39 is 12.3 Å². The number of hydrogen-bond donors (Lipinski definition) is 1. The smallest absolute Gasteiger partial charge is 0.383 e. The molecule has 1 aromatic heterocycles. The van der Waals surface area contributed by atoms with Crippen LogP contribution in [0.2, 0.25) is 0 Å². The minimum atomic E-state index is -4.53. The van der Waals surface area contributed by atoms with Crippen LogP contribution < -0.4 is 0 Å². The van der Waals surface area contributed by atoms with Crippen LogP contribution in [0.15, 0.2) is 5.38 Å². The Labute approximate surface area is 106 Å². The zero-order valence-corrected chi connectivity index (χ0v) is 11.1. The Balaban J connectivity index is 2.36. The minimum absolute atomic E-state index is 0.333. The number of thiazole rings is 1. The summed E-state index contributed by atoms with van der Waals surface area (Å²) in [7, 11) is 0. The second kappa shape index (κ2) is 6.06. The van der Waals surface area contributed by atoms with Crippen LogP contribution in [0, 0.1) is 0 Å². The van der Waals surface area contributed by atoms with E-state index >= 15 is 0 Å². The van der Waals surface area contributed by atoms with E-state index in [1.165, 1.54) is 11.3 Å². The number of aliphatic hydroxyl groups is 1. The molecule has 0 bridgehead atoms. The summed E-state index contributed by atoms with van der Waals surface area (Å²) in [5.74, 6) is 0.383. The third kappa shape index (κ3) is 4.85. The molecule has 0 saturated carbocycles. The number of alkyl halides is 3. The summed E-state index contributed by atoms with van der Waals surface area (Å²) >= 11 is 2.55. The van der Waals surface area contributed by atoms with Gasteiger partial charge in [-0.25, -0.2) is 4.98 Å². The molecule has 7 heteroatoms. The second-order valence-electron chi connectivity index (χ2n) is 3.90. The lowest BCUT2D eigenvalue weighted by Crippen LogP contribution is -2.30. The number of rotatable bonds is 5. The monoisotopic (exact) mass is 285 g/mol. The number of aromatic nitrogens is 1. The molecule has 0 unspecified atom stereocenters. The van der Waals surface area contributed by atoms with Gasteiger partial charge in [0.15, 0.2) is 6.10 Å². The van der Waals surface area contributed by atoms with Gasteiger partial charge in [0.2, 0.25) is 0 Å². The highest BCUT2D eigenvalue weighted by atomic mass is 32.2. The molecule has 0 aliphatic heterocycles. The van der Waals surface area contributed by atoms with E-state index in [0.29, 0.717) is 11.7 Å². The van der Waals surface area contributed by atoms with Crippen LogP contribution in [-0.2, 0) is 5.75 Å². The minimum Gasteiger partial charge on any atom is -0.383 e. The molecule has 0 aliphatic carbocycles. The fourth-order valence-corrected chi connectivity index (χ4v) is 2.85. The molecule has 1 heterocycles. The molecular weight excluding hydrogens is 271 g/mol. The van der Waals surface area contributed by atoms with Gasteiger partial charge >= 0.3 is 6.18 Å². The molecule has 0 aromatic carbocycles. The highest BCUT2D eigenvalue weighted by Gasteiger charge is 2.37. The van der Waals surface area contributed by atoms with Gasteiger partial charge in [-0.3, -0.25) is 0 Å². The van der Waals surface area contributed by atoms with Gasteiger partial charge in [-0.2, -0.15) is 24.9 Å². The summed E-state index contributed by atoms with van der Waals surface area (Å²) in [5, 5.41) is 11.6. The van der Waals surface area contributed by atoms with Gasteiger partial charge in [0.25, 0.3) is 0 Å². The van der Waals surface area contributed by atoms with Crippen molar-refractivity contribution < 1.29 is 18.3 Å². The zero-order valence-electron chi connectivity index (χ0n) is 9.49. The van der Waals surface area contributed by atoms with Crippen LogP contribution >= 0.6 is 23.1 Å². The molecule has 0 aliphatic rings. The summed E-state index contributed by atoms with van der Waals surface area (Å²) in [4.78, 5) is 4.30. The van der Waals surface area contributed by atoms with E-state index in [9.17, 15) is 13.2 Å². The molecule has 0 spiro atoms. The fourth-order valence-electron chi connectivity index (χ4n) is 1.02. The zero-order chi connectivity index (χ0) is 13.1. The normalized spacial score (nSPS) is 14.3. The lowest BCUT2D eigenvalue weighted by Gasteiger charge is -2.13. The Morgan fingerprint density at radius 3 is 2.59 bits per heavy atom. The van der Waals surface area contributed by atoms with E-state index in [1.807, 2.05) is 19.2 Å². The van der Waals surface area contributed by atoms with Crippen LogP contribution in [0.5, 0.6) is 0 Å². The summed E-state index contributed by atoms with van der Waals surface area (Å²) in [5.41, 5.74) is 0.776. The Morgan fingerprint density at radius 2 is 2.12 bits per heavy atom. The largest absolute Gasteiger partial charge is 0.415 e. The maximum Gasteiger partial charge on any atom is 0.415 e. The molecule has 0 amide bonds. The van der Waals surface area contributed by atoms with Crippen LogP contribution in [0.3, 0.4) is 0 Å². The number of nitrogens with zero attached hydrogens (tertiary/aromatic N) is 1. The average molecular weight is 285 g/mol. The van der Waals surface area contributed by atoms with Gasteiger partial charge in [0, 0.05) is 22.8 Å². The van der Waals surface area contributed by atoms with Crippen LogP contribution in [0.1, 0.15) is 30.5 Å². The van der Waals surface area contributed by atoms with E-state index in [4.69, 9.17) is 5.11 Å². The third-order valence-electron chi connectivity index (χ3n) is 1.97. The molecule has 17 heavy (non-hydrogen) atoms. The Morgan fingerprint density at radius 1 is 1.47 bits per heavy atom. The van der Waals surface area contributed by atoms with Crippen molar-refractivity contribution in [1.29, 1.82) is 0 Å². The lowest BCUT2D eigenvalue weighted by molar-refractivity contribution is -0.195. The van der Waals surface area contributed by atoms with Gasteiger partial charge in [-0.1, -0.05) is 13.8 Å². The van der Waals surface area contributed by atoms with Crippen molar-refractivity contribution in [3.8, 4) is 0 Å². The predicted octanol–water partition coefficient (Wildman–Crippen LogP) is 3.42. The molecule has 0 saturated heterocycles. The summed E-state index contributed by atoms with van der Waals surface area (Å²) in [6, 6.07) is 0. The Bertz CT molecular complexity index is 352. The van der Waals surface area contributed by atoms with Crippen molar-refractivity contribution in [2.45, 2.75) is 37.8 Å². The molecule has 1 atom stereocenters. The Hall–Kier alpha value is -0.270. The van der Waals surface area contributed by atoms with Gasteiger partial charge < -0.3 is 5.11 Å². The third-order valence-corrected chi connectivity index (χ3v) is 4.21. The van der Waals surface area contributed by atoms with Gasteiger partial charge in [-0.05, 0) is 0 Å². The molecular formula is C10H14F3NOS2. The van der Waals surface area contributed by atoms with Gasteiger partial charge in [-0.15, -0.1) is 11.3 Å². The quantitative estimate of drug-likeness (QED) is 0.900. The molecule has 0 fully saturated rings. The summed E-state index contributed by atoms with van der Waals surface area (Å²) < 4.78 is 36.0. The van der Waals surface area contributed by atoms with Gasteiger partial charge in [0.1, 0.15) is 0 Å². The standard InChI is InChI=1S/C10H14F3NOS2/c1-6(2)9-14-7(4-17-9)3-16-5-8(15)10(11,12)13/h4,6,8,15H,3,5H2,1-2H3/t8-/m1/s1. The first-order valence-corrected chi connectivity index (χ1v) is 7.11. The maximum atomic E-state index is 12.0. The molecule has 1 rings (SSSR count). The first-order chi connectivity index (χ1) is 7.80. The summed E-state index contributed by atoms with van der Waals surface area (Å²) in [6.45, 7) is 4.03. The topological polar surface area (TPSA) is 33.1 Å². The molecule has 1 N–H and O–H groups in total. The van der Waals surface area contributed by atoms with Crippen molar-refractivity contribution in [1.82, 2.24) is 4.98 Å². The van der Waals surface area contributed by atoms with Crippen molar-refractivity contribution >= 4 is 23.1 Å². The average Bonchev–Trinajstić information content (AvgIpc) is 2.64.